The van der Waals surface area contributed by atoms with Crippen molar-refractivity contribution in [1.82, 2.24) is 14.9 Å². The Morgan fingerprint density at radius 1 is 1.25 bits per heavy atom. The van der Waals surface area contributed by atoms with Gasteiger partial charge in [-0.25, -0.2) is 4.98 Å². The molecule has 20 heavy (non-hydrogen) atoms. The van der Waals surface area contributed by atoms with E-state index in [0.717, 1.165) is 36.8 Å². The Hall–Kier alpha value is -2.01. The van der Waals surface area contributed by atoms with E-state index in [4.69, 9.17) is 9.47 Å². The lowest BCUT2D eigenvalue weighted by atomic mass is 10.2. The van der Waals surface area contributed by atoms with Crippen LogP contribution in [0.4, 0.5) is 0 Å². The predicted molar refractivity (Wildman–Crippen MR) is 76.1 cm³/mol. The number of nitrogens with one attached hydrogen (secondary N) is 1. The van der Waals surface area contributed by atoms with Gasteiger partial charge >= 0.3 is 0 Å². The molecule has 1 aromatic carbocycles. The molecule has 106 valence electrons. The van der Waals surface area contributed by atoms with Gasteiger partial charge in [0.15, 0.2) is 11.5 Å². The number of benzene rings is 1. The van der Waals surface area contributed by atoms with Gasteiger partial charge in [0.25, 0.3) is 0 Å². The largest absolute Gasteiger partial charge is 0.486 e. The monoisotopic (exact) mass is 273 g/mol. The maximum atomic E-state index is 5.58. The van der Waals surface area contributed by atoms with Gasteiger partial charge < -0.3 is 19.4 Å². The molecule has 0 bridgehead atoms. The zero-order valence-corrected chi connectivity index (χ0v) is 11.6. The van der Waals surface area contributed by atoms with E-state index in [-0.39, 0.29) is 0 Å². The summed E-state index contributed by atoms with van der Waals surface area (Å²) in [7, 11) is 2.02. The minimum Gasteiger partial charge on any atom is -0.486 e. The molecule has 1 aliphatic rings. The number of rotatable bonds is 5. The number of ether oxygens (including phenoxy) is 2. The van der Waals surface area contributed by atoms with E-state index in [1.165, 1.54) is 5.56 Å². The molecule has 0 saturated carbocycles. The van der Waals surface area contributed by atoms with E-state index in [9.17, 15) is 0 Å². The standard InChI is InChI=1S/C15H19N3O2/c1-18-7-6-17-15(18)4-5-16-11-12-2-3-13-14(10-12)20-9-8-19-13/h2-3,6-7,10,16H,4-5,8-9,11H2,1H3. The molecular weight excluding hydrogens is 254 g/mol. The third-order valence-corrected chi connectivity index (χ3v) is 3.38. The summed E-state index contributed by atoms with van der Waals surface area (Å²) in [5, 5.41) is 3.42. The summed E-state index contributed by atoms with van der Waals surface area (Å²) in [6.45, 7) is 2.98. The van der Waals surface area contributed by atoms with Crippen molar-refractivity contribution in [1.29, 1.82) is 0 Å². The molecule has 5 nitrogen and oxygen atoms in total. The third kappa shape index (κ3) is 2.93. The normalized spacial score (nSPS) is 13.4. The van der Waals surface area contributed by atoms with Crippen molar-refractivity contribution in [3.8, 4) is 11.5 Å². The number of aryl methyl sites for hydroxylation is 1. The average Bonchev–Trinajstić information content (AvgIpc) is 2.89. The van der Waals surface area contributed by atoms with Gasteiger partial charge in [-0.3, -0.25) is 0 Å². The number of aromatic nitrogens is 2. The van der Waals surface area contributed by atoms with E-state index >= 15 is 0 Å². The molecule has 1 N–H and O–H groups in total. The molecule has 2 heterocycles. The van der Waals surface area contributed by atoms with E-state index in [1.54, 1.807) is 0 Å². The van der Waals surface area contributed by atoms with Gasteiger partial charge in [0.1, 0.15) is 19.0 Å². The Morgan fingerprint density at radius 3 is 2.90 bits per heavy atom. The second-order valence-electron chi connectivity index (χ2n) is 4.86. The minimum atomic E-state index is 0.628. The van der Waals surface area contributed by atoms with Crippen LogP contribution in [0.25, 0.3) is 0 Å². The zero-order valence-electron chi connectivity index (χ0n) is 11.6. The molecule has 0 unspecified atom stereocenters. The Bertz CT molecular complexity index is 580. The van der Waals surface area contributed by atoms with Gasteiger partial charge in [0.05, 0.1) is 0 Å². The lowest BCUT2D eigenvalue weighted by molar-refractivity contribution is 0.171. The molecule has 1 aliphatic heterocycles. The summed E-state index contributed by atoms with van der Waals surface area (Å²) in [4.78, 5) is 4.30. The maximum Gasteiger partial charge on any atom is 0.161 e. The van der Waals surface area contributed by atoms with Gasteiger partial charge in [-0.15, -0.1) is 0 Å². The van der Waals surface area contributed by atoms with Crippen molar-refractivity contribution in [2.75, 3.05) is 19.8 Å². The van der Waals surface area contributed by atoms with Crippen LogP contribution in [0.2, 0.25) is 0 Å². The first-order chi connectivity index (χ1) is 9.83. The second kappa shape index (κ2) is 5.96. The molecule has 0 amide bonds. The molecule has 3 rings (SSSR count). The smallest absolute Gasteiger partial charge is 0.161 e. The fourth-order valence-corrected chi connectivity index (χ4v) is 2.27. The molecule has 5 heteroatoms. The maximum absolute atomic E-state index is 5.58. The quantitative estimate of drug-likeness (QED) is 0.839. The summed E-state index contributed by atoms with van der Waals surface area (Å²) < 4.78 is 13.1. The lowest BCUT2D eigenvalue weighted by Crippen LogP contribution is -2.19. The first-order valence-corrected chi connectivity index (χ1v) is 6.88. The average molecular weight is 273 g/mol. The van der Waals surface area contributed by atoms with Crippen molar-refractivity contribution in [2.24, 2.45) is 7.05 Å². The van der Waals surface area contributed by atoms with Gasteiger partial charge in [0.2, 0.25) is 0 Å². The molecule has 0 saturated heterocycles. The Morgan fingerprint density at radius 2 is 2.10 bits per heavy atom. The van der Waals surface area contributed by atoms with Crippen molar-refractivity contribution in [3.05, 3.63) is 42.0 Å². The Kier molecular flexibility index (Phi) is 3.87. The summed E-state index contributed by atoms with van der Waals surface area (Å²) in [6.07, 6.45) is 4.72. The van der Waals surface area contributed by atoms with E-state index in [2.05, 4.69) is 16.4 Å². The predicted octanol–water partition coefficient (Wildman–Crippen LogP) is 1.52. The minimum absolute atomic E-state index is 0.628. The zero-order chi connectivity index (χ0) is 13.8. The number of hydrogen-bond acceptors (Lipinski definition) is 4. The molecule has 1 aromatic heterocycles. The number of hydrogen-bond donors (Lipinski definition) is 1. The molecule has 0 radical (unpaired) electrons. The number of nitrogens with zero attached hydrogens (tertiary/aromatic N) is 2. The second-order valence-corrected chi connectivity index (χ2v) is 4.86. The van der Waals surface area contributed by atoms with Crippen LogP contribution in [-0.2, 0) is 20.0 Å². The first kappa shape index (κ1) is 13.0. The topological polar surface area (TPSA) is 48.3 Å². The highest BCUT2D eigenvalue weighted by molar-refractivity contribution is 5.43. The number of fused-ring (bicyclic) bond motifs is 1. The summed E-state index contributed by atoms with van der Waals surface area (Å²) in [5.41, 5.74) is 1.20. The van der Waals surface area contributed by atoms with Crippen molar-refractivity contribution < 1.29 is 9.47 Å². The van der Waals surface area contributed by atoms with E-state index in [0.29, 0.717) is 13.2 Å². The van der Waals surface area contributed by atoms with Crippen LogP contribution in [0.5, 0.6) is 11.5 Å². The van der Waals surface area contributed by atoms with Crippen molar-refractivity contribution in [3.63, 3.8) is 0 Å². The fraction of sp³-hybridized carbons (Fsp3) is 0.400. The van der Waals surface area contributed by atoms with Crippen molar-refractivity contribution >= 4 is 0 Å². The van der Waals surface area contributed by atoms with E-state index in [1.807, 2.05) is 36.1 Å². The van der Waals surface area contributed by atoms with Gasteiger partial charge in [0, 0.05) is 39.0 Å². The molecular formula is C15H19N3O2. The van der Waals surface area contributed by atoms with Crippen LogP contribution in [0.3, 0.4) is 0 Å². The molecule has 2 aromatic rings. The molecule has 0 aliphatic carbocycles. The fourth-order valence-electron chi connectivity index (χ4n) is 2.27. The van der Waals surface area contributed by atoms with Crippen LogP contribution >= 0.6 is 0 Å². The lowest BCUT2D eigenvalue weighted by Gasteiger charge is -2.19. The summed E-state index contributed by atoms with van der Waals surface area (Å²) >= 11 is 0. The number of imidazole rings is 1. The molecule has 0 spiro atoms. The summed E-state index contributed by atoms with van der Waals surface area (Å²) in [5.74, 6) is 2.78. The van der Waals surface area contributed by atoms with Gasteiger partial charge in [-0.1, -0.05) is 6.07 Å². The highest BCUT2D eigenvalue weighted by Crippen LogP contribution is 2.30. The molecule has 0 atom stereocenters. The van der Waals surface area contributed by atoms with Gasteiger partial charge in [-0.2, -0.15) is 0 Å². The Balaban J connectivity index is 1.50. The third-order valence-electron chi connectivity index (χ3n) is 3.38. The first-order valence-electron chi connectivity index (χ1n) is 6.88. The van der Waals surface area contributed by atoms with Crippen LogP contribution < -0.4 is 14.8 Å². The highest BCUT2D eigenvalue weighted by Gasteiger charge is 2.11. The van der Waals surface area contributed by atoms with Gasteiger partial charge in [-0.05, 0) is 17.7 Å². The van der Waals surface area contributed by atoms with Crippen LogP contribution in [0, 0.1) is 0 Å². The van der Waals surface area contributed by atoms with Crippen LogP contribution in [0.1, 0.15) is 11.4 Å². The van der Waals surface area contributed by atoms with Crippen LogP contribution in [0.15, 0.2) is 30.6 Å². The highest BCUT2D eigenvalue weighted by atomic mass is 16.6. The van der Waals surface area contributed by atoms with E-state index < -0.39 is 0 Å². The molecule has 0 fully saturated rings. The summed E-state index contributed by atoms with van der Waals surface area (Å²) in [6, 6.07) is 6.09. The SMILES string of the molecule is Cn1ccnc1CCNCc1ccc2c(c1)OCCO2. The Labute approximate surface area is 118 Å². The van der Waals surface area contributed by atoms with Crippen molar-refractivity contribution in [2.45, 2.75) is 13.0 Å². The van der Waals surface area contributed by atoms with Crippen LogP contribution in [-0.4, -0.2) is 29.3 Å².